The molecule has 2 rings (SSSR count). The van der Waals surface area contributed by atoms with Crippen LogP contribution in [-0.2, 0) is 0 Å². The van der Waals surface area contributed by atoms with Crippen LogP contribution in [0.25, 0.3) is 11.1 Å². The molecule has 0 fully saturated rings. The molecule has 0 aliphatic heterocycles. The Morgan fingerprint density at radius 3 is 2.28 bits per heavy atom. The minimum atomic E-state index is 0.731. The van der Waals surface area contributed by atoms with E-state index in [0.717, 1.165) is 35.6 Å². The fourth-order valence-electron chi connectivity index (χ4n) is 3.08. The number of halogens is 1. The Morgan fingerprint density at radius 1 is 0.920 bits per heavy atom. The van der Waals surface area contributed by atoms with Gasteiger partial charge in [0.15, 0.2) is 0 Å². The van der Waals surface area contributed by atoms with E-state index in [2.05, 4.69) is 58.0 Å². The molecule has 1 nitrogen and oxygen atoms in total. The van der Waals surface area contributed by atoms with Gasteiger partial charge < -0.3 is 4.74 Å². The van der Waals surface area contributed by atoms with Crippen molar-refractivity contribution in [2.75, 3.05) is 6.61 Å². The lowest BCUT2D eigenvalue weighted by Crippen LogP contribution is -2.04. The first-order chi connectivity index (χ1) is 12.0. The van der Waals surface area contributed by atoms with E-state index >= 15 is 0 Å². The van der Waals surface area contributed by atoms with Crippen LogP contribution in [0.4, 0.5) is 0 Å². The summed E-state index contributed by atoms with van der Waals surface area (Å²) < 4.78 is 5.92. The molecular formula is C23H31ClO. The lowest BCUT2D eigenvalue weighted by molar-refractivity contribution is 0.276. The fourth-order valence-corrected chi connectivity index (χ4v) is 3.31. The highest BCUT2D eigenvalue weighted by atomic mass is 35.5. The van der Waals surface area contributed by atoms with Gasteiger partial charge in [0.2, 0.25) is 0 Å². The molecule has 0 saturated carbocycles. The second kappa shape index (κ2) is 9.87. The standard InChI is InChI=1S/C23H31ClO/c1-17(2)6-5-7-18(3)14-15-25-22-11-8-20(9-12-22)23-13-10-21(24)16-19(23)4/h8-13,16-18H,5-7,14-15H2,1-4H3. The van der Waals surface area contributed by atoms with Crippen LogP contribution in [0.1, 0.15) is 52.0 Å². The van der Waals surface area contributed by atoms with Gasteiger partial charge in [0.1, 0.15) is 5.75 Å². The van der Waals surface area contributed by atoms with Gasteiger partial charge in [-0.05, 0) is 66.1 Å². The van der Waals surface area contributed by atoms with Gasteiger partial charge in [-0.3, -0.25) is 0 Å². The summed E-state index contributed by atoms with van der Waals surface area (Å²) in [5.41, 5.74) is 3.61. The molecule has 2 aromatic carbocycles. The smallest absolute Gasteiger partial charge is 0.119 e. The number of hydrogen-bond donors (Lipinski definition) is 0. The van der Waals surface area contributed by atoms with E-state index in [0.29, 0.717) is 0 Å². The summed E-state index contributed by atoms with van der Waals surface area (Å²) in [7, 11) is 0. The highest BCUT2D eigenvalue weighted by Gasteiger charge is 2.05. The highest BCUT2D eigenvalue weighted by Crippen LogP contribution is 2.27. The largest absolute Gasteiger partial charge is 0.494 e. The van der Waals surface area contributed by atoms with Crippen molar-refractivity contribution < 1.29 is 4.74 Å². The van der Waals surface area contributed by atoms with Crippen molar-refractivity contribution in [2.45, 2.75) is 53.4 Å². The summed E-state index contributed by atoms with van der Waals surface area (Å²) >= 11 is 6.04. The maximum absolute atomic E-state index is 6.04. The van der Waals surface area contributed by atoms with Crippen molar-refractivity contribution in [1.82, 2.24) is 0 Å². The zero-order valence-electron chi connectivity index (χ0n) is 16.0. The highest BCUT2D eigenvalue weighted by molar-refractivity contribution is 6.30. The van der Waals surface area contributed by atoms with E-state index in [1.54, 1.807) is 0 Å². The second-order valence-electron chi connectivity index (χ2n) is 7.55. The third-order valence-corrected chi connectivity index (χ3v) is 4.95. The van der Waals surface area contributed by atoms with Gasteiger partial charge in [0, 0.05) is 5.02 Å². The molecule has 0 aromatic heterocycles. The van der Waals surface area contributed by atoms with Gasteiger partial charge in [-0.15, -0.1) is 0 Å². The molecule has 0 heterocycles. The first-order valence-corrected chi connectivity index (χ1v) is 9.83. The monoisotopic (exact) mass is 358 g/mol. The molecule has 0 radical (unpaired) electrons. The summed E-state index contributed by atoms with van der Waals surface area (Å²) in [6.45, 7) is 9.80. The number of rotatable bonds is 9. The second-order valence-corrected chi connectivity index (χ2v) is 7.99. The average molecular weight is 359 g/mol. The Kier molecular flexibility index (Phi) is 7.84. The molecule has 0 spiro atoms. The third-order valence-electron chi connectivity index (χ3n) is 4.71. The van der Waals surface area contributed by atoms with Gasteiger partial charge in [-0.1, -0.05) is 69.8 Å². The predicted molar refractivity (Wildman–Crippen MR) is 110 cm³/mol. The summed E-state index contributed by atoms with van der Waals surface area (Å²) in [5.74, 6) is 2.49. The lowest BCUT2D eigenvalue weighted by atomic mass is 9.98. The molecule has 0 aliphatic carbocycles. The zero-order chi connectivity index (χ0) is 18.2. The summed E-state index contributed by atoms with van der Waals surface area (Å²) in [6.07, 6.45) is 5.08. The minimum absolute atomic E-state index is 0.731. The molecule has 2 heteroatoms. The van der Waals surface area contributed by atoms with E-state index in [1.807, 2.05) is 12.1 Å². The lowest BCUT2D eigenvalue weighted by Gasteiger charge is -2.13. The number of hydrogen-bond acceptors (Lipinski definition) is 1. The van der Waals surface area contributed by atoms with Crippen LogP contribution in [0, 0.1) is 18.8 Å². The summed E-state index contributed by atoms with van der Waals surface area (Å²) in [5, 5.41) is 0.781. The molecule has 0 N–H and O–H groups in total. The van der Waals surface area contributed by atoms with E-state index in [4.69, 9.17) is 16.3 Å². The Hall–Kier alpha value is -1.47. The van der Waals surface area contributed by atoms with Gasteiger partial charge in [0.25, 0.3) is 0 Å². The van der Waals surface area contributed by atoms with Crippen molar-refractivity contribution in [2.24, 2.45) is 11.8 Å². The normalized spacial score (nSPS) is 12.4. The average Bonchev–Trinajstić information content (AvgIpc) is 2.55. The summed E-state index contributed by atoms with van der Waals surface area (Å²) in [4.78, 5) is 0. The maximum atomic E-state index is 6.04. The Labute approximate surface area is 158 Å². The Morgan fingerprint density at radius 2 is 1.64 bits per heavy atom. The fraction of sp³-hybridized carbons (Fsp3) is 0.478. The molecule has 136 valence electrons. The predicted octanol–water partition coefficient (Wildman–Crippen LogP) is 7.55. The number of benzene rings is 2. The Bertz CT molecular complexity index is 646. The van der Waals surface area contributed by atoms with Gasteiger partial charge >= 0.3 is 0 Å². The van der Waals surface area contributed by atoms with E-state index in [-0.39, 0.29) is 0 Å². The van der Waals surface area contributed by atoms with E-state index in [1.165, 1.54) is 36.0 Å². The number of aryl methyl sites for hydroxylation is 1. The van der Waals surface area contributed by atoms with Crippen LogP contribution in [0.3, 0.4) is 0 Å². The van der Waals surface area contributed by atoms with Crippen LogP contribution < -0.4 is 4.74 Å². The van der Waals surface area contributed by atoms with Crippen LogP contribution in [0.15, 0.2) is 42.5 Å². The van der Waals surface area contributed by atoms with Gasteiger partial charge in [-0.25, -0.2) is 0 Å². The van der Waals surface area contributed by atoms with Crippen molar-refractivity contribution in [1.29, 1.82) is 0 Å². The molecule has 0 amide bonds. The van der Waals surface area contributed by atoms with Crippen molar-refractivity contribution in [3.63, 3.8) is 0 Å². The summed E-state index contributed by atoms with van der Waals surface area (Å²) in [6, 6.07) is 14.4. The van der Waals surface area contributed by atoms with E-state index in [9.17, 15) is 0 Å². The van der Waals surface area contributed by atoms with Crippen molar-refractivity contribution >= 4 is 11.6 Å². The van der Waals surface area contributed by atoms with Crippen LogP contribution >= 0.6 is 11.6 Å². The van der Waals surface area contributed by atoms with Crippen LogP contribution in [0.5, 0.6) is 5.75 Å². The van der Waals surface area contributed by atoms with E-state index < -0.39 is 0 Å². The molecule has 0 saturated heterocycles. The molecular weight excluding hydrogens is 328 g/mol. The molecule has 2 aromatic rings. The zero-order valence-corrected chi connectivity index (χ0v) is 16.8. The molecule has 25 heavy (non-hydrogen) atoms. The molecule has 1 unspecified atom stereocenters. The maximum Gasteiger partial charge on any atom is 0.119 e. The quantitative estimate of drug-likeness (QED) is 0.449. The van der Waals surface area contributed by atoms with Gasteiger partial charge in [-0.2, -0.15) is 0 Å². The molecule has 1 atom stereocenters. The van der Waals surface area contributed by atoms with Crippen LogP contribution in [0.2, 0.25) is 5.02 Å². The number of ether oxygens (including phenoxy) is 1. The van der Waals surface area contributed by atoms with Crippen molar-refractivity contribution in [3.8, 4) is 16.9 Å². The van der Waals surface area contributed by atoms with Crippen LogP contribution in [-0.4, -0.2) is 6.61 Å². The molecule has 0 bridgehead atoms. The SMILES string of the molecule is Cc1cc(Cl)ccc1-c1ccc(OCCC(C)CCCC(C)C)cc1. The topological polar surface area (TPSA) is 9.23 Å². The Balaban J connectivity index is 1.80. The molecule has 0 aliphatic rings. The minimum Gasteiger partial charge on any atom is -0.494 e. The first kappa shape index (κ1) is 19.8. The van der Waals surface area contributed by atoms with Gasteiger partial charge in [0.05, 0.1) is 6.61 Å². The third kappa shape index (κ3) is 6.74. The first-order valence-electron chi connectivity index (χ1n) is 9.45. The van der Waals surface area contributed by atoms with Crippen molar-refractivity contribution in [3.05, 3.63) is 53.1 Å².